The number of benzene rings is 1. The van der Waals surface area contributed by atoms with Crippen LogP contribution in [-0.4, -0.2) is 45.5 Å². The molecule has 0 atom stereocenters. The van der Waals surface area contributed by atoms with Gasteiger partial charge in [0.15, 0.2) is 0 Å². The van der Waals surface area contributed by atoms with Gasteiger partial charge in [-0.05, 0) is 24.6 Å². The smallest absolute Gasteiger partial charge is 0.251 e. The molecular formula is C19H23N5O3. The summed E-state index contributed by atoms with van der Waals surface area (Å²) in [5, 5.41) is 10.3. The quantitative estimate of drug-likeness (QED) is 0.565. The molecule has 0 saturated carbocycles. The fraction of sp³-hybridized carbons (Fsp3) is 0.368. The first-order valence-electron chi connectivity index (χ1n) is 8.89. The van der Waals surface area contributed by atoms with Gasteiger partial charge in [0.2, 0.25) is 11.8 Å². The molecule has 0 bridgehead atoms. The Hall–Kier alpha value is -3.16. The molecule has 0 aliphatic carbocycles. The number of hydrogen-bond acceptors (Lipinski definition) is 5. The number of carbonyl (C=O) groups excluding carboxylic acids is 3. The number of aromatic nitrogens is 2. The van der Waals surface area contributed by atoms with Crippen LogP contribution in [-0.2, 0) is 23.2 Å². The number of amides is 3. The van der Waals surface area contributed by atoms with E-state index < -0.39 is 0 Å². The van der Waals surface area contributed by atoms with E-state index in [0.29, 0.717) is 18.7 Å². The normalized spacial score (nSPS) is 13.9. The predicted octanol–water partition coefficient (Wildman–Crippen LogP) is 1.22. The van der Waals surface area contributed by atoms with Crippen molar-refractivity contribution in [2.24, 2.45) is 7.05 Å². The summed E-state index contributed by atoms with van der Waals surface area (Å²) >= 11 is 0. The highest BCUT2D eigenvalue weighted by atomic mass is 16.2. The Morgan fingerprint density at radius 2 is 1.78 bits per heavy atom. The number of aryl methyl sites for hydroxylation is 2. The van der Waals surface area contributed by atoms with E-state index in [1.54, 1.807) is 28.9 Å². The van der Waals surface area contributed by atoms with Crippen LogP contribution in [0.4, 0.5) is 5.82 Å². The first-order chi connectivity index (χ1) is 12.9. The van der Waals surface area contributed by atoms with E-state index >= 15 is 0 Å². The van der Waals surface area contributed by atoms with Gasteiger partial charge >= 0.3 is 0 Å². The van der Waals surface area contributed by atoms with Gasteiger partial charge in [-0.15, -0.1) is 0 Å². The Balaban J connectivity index is 1.46. The highest BCUT2D eigenvalue weighted by Crippen LogP contribution is 2.16. The van der Waals surface area contributed by atoms with Crippen molar-refractivity contribution in [3.8, 4) is 0 Å². The molecule has 3 rings (SSSR count). The summed E-state index contributed by atoms with van der Waals surface area (Å²) in [6.07, 6.45) is 0.567. The van der Waals surface area contributed by atoms with Crippen molar-refractivity contribution in [2.45, 2.75) is 26.3 Å². The maximum absolute atomic E-state index is 12.2. The molecule has 1 aromatic carbocycles. The van der Waals surface area contributed by atoms with Gasteiger partial charge in [-0.25, -0.2) is 0 Å². The zero-order valence-corrected chi connectivity index (χ0v) is 15.5. The molecule has 1 aliphatic rings. The Bertz CT molecular complexity index is 841. The molecule has 1 saturated heterocycles. The summed E-state index contributed by atoms with van der Waals surface area (Å²) in [6, 6.07) is 8.88. The number of anilines is 1. The zero-order chi connectivity index (χ0) is 19.4. The highest BCUT2D eigenvalue weighted by Gasteiger charge is 2.28. The molecule has 2 heterocycles. The predicted molar refractivity (Wildman–Crippen MR) is 100 cm³/mol. The van der Waals surface area contributed by atoms with Crippen molar-refractivity contribution in [2.75, 3.05) is 18.4 Å². The minimum Gasteiger partial charge on any atom is -0.369 e. The van der Waals surface area contributed by atoms with E-state index in [-0.39, 0.29) is 37.1 Å². The van der Waals surface area contributed by atoms with Crippen LogP contribution in [0.2, 0.25) is 0 Å². The largest absolute Gasteiger partial charge is 0.369 e. The number of imide groups is 1. The fourth-order valence-electron chi connectivity index (χ4n) is 2.99. The van der Waals surface area contributed by atoms with E-state index in [1.807, 2.05) is 20.0 Å². The summed E-state index contributed by atoms with van der Waals surface area (Å²) in [6.45, 7) is 3.24. The summed E-state index contributed by atoms with van der Waals surface area (Å²) in [7, 11) is 1.86. The summed E-state index contributed by atoms with van der Waals surface area (Å²) in [5.41, 5.74) is 2.29. The van der Waals surface area contributed by atoms with Crippen LogP contribution < -0.4 is 10.6 Å². The maximum Gasteiger partial charge on any atom is 0.251 e. The number of likely N-dealkylation sites (tertiary alicyclic amines) is 1. The number of carbonyl (C=O) groups is 3. The molecular weight excluding hydrogens is 346 g/mol. The third-order valence-corrected chi connectivity index (χ3v) is 4.43. The Morgan fingerprint density at radius 3 is 2.37 bits per heavy atom. The van der Waals surface area contributed by atoms with Crippen molar-refractivity contribution in [1.82, 2.24) is 20.0 Å². The van der Waals surface area contributed by atoms with Crippen LogP contribution in [0.5, 0.6) is 0 Å². The van der Waals surface area contributed by atoms with Crippen LogP contribution in [0.3, 0.4) is 0 Å². The number of nitrogens with one attached hydrogen (secondary N) is 2. The second-order valence-corrected chi connectivity index (χ2v) is 6.55. The van der Waals surface area contributed by atoms with Crippen LogP contribution in [0.25, 0.3) is 0 Å². The molecule has 0 unspecified atom stereocenters. The Labute approximate surface area is 157 Å². The molecule has 1 aromatic heterocycles. The Kier molecular flexibility index (Phi) is 5.54. The van der Waals surface area contributed by atoms with Crippen molar-refractivity contribution in [1.29, 1.82) is 0 Å². The lowest BCUT2D eigenvalue weighted by molar-refractivity contribution is -0.139. The maximum atomic E-state index is 12.2. The number of rotatable bonds is 7. The molecule has 27 heavy (non-hydrogen) atoms. The average Bonchev–Trinajstić information content (AvgIpc) is 3.14. The molecule has 142 valence electrons. The third-order valence-electron chi connectivity index (χ3n) is 4.43. The number of nitrogens with zero attached hydrogens (tertiary/aromatic N) is 3. The van der Waals surface area contributed by atoms with Crippen molar-refractivity contribution in [3.05, 3.63) is 47.2 Å². The van der Waals surface area contributed by atoms with Gasteiger partial charge in [0.1, 0.15) is 5.82 Å². The third kappa shape index (κ3) is 4.52. The lowest BCUT2D eigenvalue weighted by atomic mass is 10.1. The van der Waals surface area contributed by atoms with E-state index in [1.165, 1.54) is 4.90 Å². The zero-order valence-electron chi connectivity index (χ0n) is 15.5. The summed E-state index contributed by atoms with van der Waals surface area (Å²) in [4.78, 5) is 36.8. The number of hydrogen-bond donors (Lipinski definition) is 2. The molecule has 8 nitrogen and oxygen atoms in total. The highest BCUT2D eigenvalue weighted by molar-refractivity contribution is 6.01. The van der Waals surface area contributed by atoms with Gasteiger partial charge in [0.05, 0.1) is 12.2 Å². The lowest BCUT2D eigenvalue weighted by Crippen LogP contribution is -2.29. The van der Waals surface area contributed by atoms with E-state index in [2.05, 4.69) is 15.7 Å². The standard InChI is InChI=1S/C19H23N5O3/c1-13-11-16(23(2)22-13)20-9-10-21-19(27)15-5-3-14(4-6-15)12-24-17(25)7-8-18(24)26/h3-6,11,20H,7-10,12H2,1-2H3,(H,21,27). The first kappa shape index (κ1) is 18.6. The van der Waals surface area contributed by atoms with Gasteiger partial charge in [0, 0.05) is 44.6 Å². The molecule has 0 radical (unpaired) electrons. The van der Waals surface area contributed by atoms with Gasteiger partial charge in [-0.1, -0.05) is 12.1 Å². The molecule has 0 spiro atoms. The first-order valence-corrected chi connectivity index (χ1v) is 8.89. The SMILES string of the molecule is Cc1cc(NCCNC(=O)c2ccc(CN3C(=O)CCC3=O)cc2)n(C)n1. The molecule has 1 fully saturated rings. The molecule has 2 N–H and O–H groups in total. The van der Waals surface area contributed by atoms with Gasteiger partial charge < -0.3 is 10.6 Å². The van der Waals surface area contributed by atoms with Crippen LogP contribution in [0.15, 0.2) is 30.3 Å². The van der Waals surface area contributed by atoms with E-state index in [0.717, 1.165) is 17.1 Å². The van der Waals surface area contributed by atoms with Gasteiger partial charge in [-0.2, -0.15) is 5.10 Å². The van der Waals surface area contributed by atoms with Crippen molar-refractivity contribution >= 4 is 23.5 Å². The topological polar surface area (TPSA) is 96.3 Å². The van der Waals surface area contributed by atoms with Gasteiger partial charge in [-0.3, -0.25) is 24.0 Å². The molecule has 2 aromatic rings. The minimum absolute atomic E-state index is 0.141. The van der Waals surface area contributed by atoms with Crippen molar-refractivity contribution in [3.63, 3.8) is 0 Å². The molecule has 8 heteroatoms. The van der Waals surface area contributed by atoms with Crippen molar-refractivity contribution < 1.29 is 14.4 Å². The average molecular weight is 369 g/mol. The van der Waals surface area contributed by atoms with Crippen LogP contribution in [0.1, 0.15) is 34.5 Å². The van der Waals surface area contributed by atoms with Crippen LogP contribution in [0, 0.1) is 6.92 Å². The van der Waals surface area contributed by atoms with Crippen LogP contribution >= 0.6 is 0 Å². The van der Waals surface area contributed by atoms with E-state index in [9.17, 15) is 14.4 Å². The summed E-state index contributed by atoms with van der Waals surface area (Å²) < 4.78 is 1.76. The summed E-state index contributed by atoms with van der Waals surface area (Å²) in [5.74, 6) is 0.450. The molecule has 1 aliphatic heterocycles. The van der Waals surface area contributed by atoms with Gasteiger partial charge in [0.25, 0.3) is 5.91 Å². The minimum atomic E-state index is -0.169. The monoisotopic (exact) mass is 369 g/mol. The lowest BCUT2D eigenvalue weighted by Gasteiger charge is -2.14. The molecule has 3 amide bonds. The van der Waals surface area contributed by atoms with E-state index in [4.69, 9.17) is 0 Å². The fourth-order valence-corrected chi connectivity index (χ4v) is 2.99. The second-order valence-electron chi connectivity index (χ2n) is 6.55. The second kappa shape index (κ2) is 8.03. The Morgan fingerprint density at radius 1 is 1.11 bits per heavy atom.